The molecule has 0 radical (unpaired) electrons. The number of anilines is 2. The van der Waals surface area contributed by atoms with Crippen molar-refractivity contribution in [3.63, 3.8) is 0 Å². The highest BCUT2D eigenvalue weighted by molar-refractivity contribution is 6.04. The SMILES string of the molecule is CC(O)C(=O)N1C[C@H](c2nc(-c3ccc(C(=O)Nc4cc(C(F)(F)F)ccn4)cc3F)c3c(N)nccn23)OC[C@@H]1C. The summed E-state index contributed by atoms with van der Waals surface area (Å²) < 4.78 is 62.0. The number of benzene rings is 1. The van der Waals surface area contributed by atoms with Gasteiger partial charge in [-0.05, 0) is 44.2 Å². The zero-order valence-electron chi connectivity index (χ0n) is 22.3. The number of nitrogens with two attached hydrogens (primary N) is 1. The normalized spacial score (nSPS) is 18.2. The number of carbonyl (C=O) groups excluding carboxylic acids is 2. The van der Waals surface area contributed by atoms with Gasteiger partial charge in [-0.15, -0.1) is 0 Å². The Morgan fingerprint density at radius 2 is 1.95 bits per heavy atom. The molecule has 1 aliphatic heterocycles. The van der Waals surface area contributed by atoms with Gasteiger partial charge in [0.25, 0.3) is 11.8 Å². The lowest BCUT2D eigenvalue weighted by molar-refractivity contribution is -0.152. The number of hydrogen-bond donors (Lipinski definition) is 3. The number of hydrogen-bond acceptors (Lipinski definition) is 8. The molecule has 42 heavy (non-hydrogen) atoms. The smallest absolute Gasteiger partial charge is 0.384 e. The van der Waals surface area contributed by atoms with E-state index in [-0.39, 0.29) is 53.2 Å². The van der Waals surface area contributed by atoms with E-state index < -0.39 is 41.6 Å². The van der Waals surface area contributed by atoms with Crippen LogP contribution in [0.2, 0.25) is 0 Å². The number of imidazole rings is 1. The third-order valence-electron chi connectivity index (χ3n) is 6.79. The number of carbonyl (C=O) groups is 2. The Labute approximate surface area is 236 Å². The van der Waals surface area contributed by atoms with E-state index in [4.69, 9.17) is 10.5 Å². The maximum atomic E-state index is 15.5. The van der Waals surface area contributed by atoms with Gasteiger partial charge in [0, 0.05) is 29.7 Å². The van der Waals surface area contributed by atoms with E-state index in [1.54, 1.807) is 17.5 Å². The van der Waals surface area contributed by atoms with Crippen molar-refractivity contribution in [2.24, 2.45) is 0 Å². The van der Waals surface area contributed by atoms with Crippen molar-refractivity contribution in [3.05, 3.63) is 71.7 Å². The zero-order chi connectivity index (χ0) is 30.3. The first-order valence-corrected chi connectivity index (χ1v) is 12.7. The number of aromatic nitrogens is 4. The molecule has 15 heteroatoms. The Morgan fingerprint density at radius 3 is 2.64 bits per heavy atom. The summed E-state index contributed by atoms with van der Waals surface area (Å²) in [4.78, 5) is 39.1. The summed E-state index contributed by atoms with van der Waals surface area (Å²) in [6, 6.07) is 4.60. The number of aliphatic hydroxyl groups excluding tert-OH is 1. The molecule has 4 aromatic rings. The summed E-state index contributed by atoms with van der Waals surface area (Å²) in [5, 5.41) is 12.1. The molecule has 3 atom stereocenters. The summed E-state index contributed by atoms with van der Waals surface area (Å²) in [7, 11) is 0. The number of rotatable bonds is 5. The first-order chi connectivity index (χ1) is 19.8. The molecule has 2 amide bonds. The lowest BCUT2D eigenvalue weighted by atomic mass is 10.1. The minimum absolute atomic E-state index is 0.0316. The van der Waals surface area contributed by atoms with Gasteiger partial charge < -0.3 is 25.8 Å². The summed E-state index contributed by atoms with van der Waals surface area (Å²) in [5.74, 6) is -2.23. The van der Waals surface area contributed by atoms with Crippen LogP contribution >= 0.6 is 0 Å². The quantitative estimate of drug-likeness (QED) is 0.301. The molecule has 1 fully saturated rings. The topological polar surface area (TPSA) is 148 Å². The number of nitrogens with zero attached hydrogens (tertiary/aromatic N) is 5. The van der Waals surface area contributed by atoms with Gasteiger partial charge in [-0.2, -0.15) is 13.2 Å². The molecule has 1 saturated heterocycles. The molecule has 4 heterocycles. The average Bonchev–Trinajstić information content (AvgIpc) is 3.33. The Hall–Kier alpha value is -4.63. The highest BCUT2D eigenvalue weighted by Crippen LogP contribution is 2.35. The van der Waals surface area contributed by atoms with Crippen molar-refractivity contribution in [1.82, 2.24) is 24.3 Å². The maximum Gasteiger partial charge on any atom is 0.416 e. The number of fused-ring (bicyclic) bond motifs is 1. The average molecular weight is 588 g/mol. The van der Waals surface area contributed by atoms with E-state index in [1.165, 1.54) is 30.2 Å². The number of nitrogen functional groups attached to an aromatic ring is 1. The molecular weight excluding hydrogens is 562 g/mol. The molecule has 0 aliphatic carbocycles. The second kappa shape index (κ2) is 11.0. The highest BCUT2D eigenvalue weighted by atomic mass is 19.4. The number of ether oxygens (including phenoxy) is 1. The number of amides is 2. The second-order valence-corrected chi connectivity index (χ2v) is 9.76. The number of alkyl halides is 3. The van der Waals surface area contributed by atoms with Crippen LogP contribution in [0.4, 0.5) is 29.2 Å². The largest absolute Gasteiger partial charge is 0.416 e. The van der Waals surface area contributed by atoms with Gasteiger partial charge in [-0.25, -0.2) is 19.3 Å². The van der Waals surface area contributed by atoms with E-state index in [0.29, 0.717) is 11.9 Å². The molecule has 0 bridgehead atoms. The van der Waals surface area contributed by atoms with Crippen LogP contribution in [-0.4, -0.2) is 66.5 Å². The summed E-state index contributed by atoms with van der Waals surface area (Å²) >= 11 is 0. The van der Waals surface area contributed by atoms with E-state index in [9.17, 15) is 27.9 Å². The van der Waals surface area contributed by atoms with Gasteiger partial charge in [0.1, 0.15) is 46.7 Å². The van der Waals surface area contributed by atoms with Crippen molar-refractivity contribution in [2.45, 2.75) is 38.3 Å². The second-order valence-electron chi connectivity index (χ2n) is 9.76. The van der Waals surface area contributed by atoms with Crippen LogP contribution in [0.5, 0.6) is 0 Å². The Kier molecular flexibility index (Phi) is 7.55. The zero-order valence-corrected chi connectivity index (χ0v) is 22.3. The van der Waals surface area contributed by atoms with Crippen molar-refractivity contribution in [3.8, 4) is 11.3 Å². The maximum absolute atomic E-state index is 15.5. The van der Waals surface area contributed by atoms with E-state index in [2.05, 4.69) is 20.3 Å². The van der Waals surface area contributed by atoms with Crippen molar-refractivity contribution in [2.75, 3.05) is 24.2 Å². The van der Waals surface area contributed by atoms with Crippen LogP contribution in [0.3, 0.4) is 0 Å². The minimum Gasteiger partial charge on any atom is -0.384 e. The predicted octanol–water partition coefficient (Wildman–Crippen LogP) is 3.45. The number of nitrogens with one attached hydrogen (secondary N) is 1. The standard InChI is InChI=1S/C27H25F4N7O4/c1-13-12-42-19(11-38(13)26(41)14(2)39)24-36-21(22-23(32)34-7-8-37(22)24)17-4-3-15(9-18(17)28)25(40)35-20-10-16(5-6-33-20)27(29,30)31/h3-10,13-14,19,39H,11-12H2,1-2H3,(H2,32,34)(H,33,35,40)/t13-,14?,19+/m0/s1. The van der Waals surface area contributed by atoms with Gasteiger partial charge in [0.05, 0.1) is 24.8 Å². The van der Waals surface area contributed by atoms with Gasteiger partial charge in [-0.1, -0.05) is 0 Å². The van der Waals surface area contributed by atoms with Crippen molar-refractivity contribution >= 4 is 29.0 Å². The fourth-order valence-corrected chi connectivity index (χ4v) is 4.67. The Morgan fingerprint density at radius 1 is 1.19 bits per heavy atom. The molecule has 220 valence electrons. The van der Waals surface area contributed by atoms with Crippen LogP contribution in [0, 0.1) is 5.82 Å². The fourth-order valence-electron chi connectivity index (χ4n) is 4.67. The summed E-state index contributed by atoms with van der Waals surface area (Å²) in [6.45, 7) is 3.38. The third kappa shape index (κ3) is 5.47. The number of morpholine rings is 1. The lowest BCUT2D eigenvalue weighted by Crippen LogP contribution is -2.51. The molecule has 1 unspecified atom stereocenters. The molecule has 0 saturated carbocycles. The highest BCUT2D eigenvalue weighted by Gasteiger charge is 2.35. The summed E-state index contributed by atoms with van der Waals surface area (Å²) in [6.07, 6.45) is -2.72. The van der Waals surface area contributed by atoms with Crippen LogP contribution in [0.1, 0.15) is 41.7 Å². The molecule has 4 N–H and O–H groups in total. The Balaban J connectivity index is 1.47. The predicted molar refractivity (Wildman–Crippen MR) is 142 cm³/mol. The van der Waals surface area contributed by atoms with Gasteiger partial charge in [0.2, 0.25) is 0 Å². The van der Waals surface area contributed by atoms with E-state index in [0.717, 1.165) is 18.3 Å². The van der Waals surface area contributed by atoms with Crippen molar-refractivity contribution in [1.29, 1.82) is 0 Å². The molecule has 1 aliphatic rings. The molecule has 0 spiro atoms. The first-order valence-electron chi connectivity index (χ1n) is 12.7. The van der Waals surface area contributed by atoms with Gasteiger partial charge in [-0.3, -0.25) is 14.0 Å². The molecule has 1 aromatic carbocycles. The van der Waals surface area contributed by atoms with E-state index in [1.807, 2.05) is 0 Å². The van der Waals surface area contributed by atoms with E-state index >= 15 is 4.39 Å². The van der Waals surface area contributed by atoms with Crippen molar-refractivity contribution < 1.29 is 37.0 Å². The summed E-state index contributed by atoms with van der Waals surface area (Å²) in [5.41, 5.74) is 5.28. The number of halogens is 4. The lowest BCUT2D eigenvalue weighted by Gasteiger charge is -2.38. The first kappa shape index (κ1) is 28.9. The van der Waals surface area contributed by atoms with Gasteiger partial charge in [0.15, 0.2) is 0 Å². The Bertz CT molecular complexity index is 1670. The molecule has 5 rings (SSSR count). The van der Waals surface area contributed by atoms with Crippen LogP contribution < -0.4 is 11.1 Å². The molecule has 3 aromatic heterocycles. The van der Waals surface area contributed by atoms with Gasteiger partial charge >= 0.3 is 6.18 Å². The minimum atomic E-state index is -4.63. The van der Waals surface area contributed by atoms with Crippen LogP contribution in [0.25, 0.3) is 16.8 Å². The van der Waals surface area contributed by atoms with Crippen LogP contribution in [-0.2, 0) is 15.7 Å². The number of pyridine rings is 1. The molecular formula is C27H25F4N7O4. The monoisotopic (exact) mass is 587 g/mol. The number of aliphatic hydroxyl groups is 1. The molecule has 11 nitrogen and oxygen atoms in total. The third-order valence-corrected chi connectivity index (χ3v) is 6.79. The fraction of sp³-hybridized carbons (Fsp3) is 0.296. The van der Waals surface area contributed by atoms with Crippen LogP contribution in [0.15, 0.2) is 48.9 Å².